The largest absolute Gasteiger partial charge is 0.463 e. The minimum absolute atomic E-state index is 0.0126. The van der Waals surface area contributed by atoms with Gasteiger partial charge in [0.15, 0.2) is 0 Å². The molecule has 0 aliphatic carbocycles. The number of pyridine rings is 1. The first kappa shape index (κ1) is 22.2. The minimum Gasteiger partial charge on any atom is -0.463 e. The molecule has 1 aromatic heterocycles. The van der Waals surface area contributed by atoms with E-state index >= 15 is 0 Å². The average molecular weight is 463 g/mol. The van der Waals surface area contributed by atoms with Crippen LogP contribution in [-0.2, 0) is 14.4 Å². The Labute approximate surface area is 179 Å². The lowest BCUT2D eigenvalue weighted by molar-refractivity contribution is -0.166. The molecule has 1 aliphatic rings. The van der Waals surface area contributed by atoms with E-state index in [0.29, 0.717) is 11.3 Å². The lowest BCUT2D eigenvalue weighted by Gasteiger charge is -2.18. The highest BCUT2D eigenvalue weighted by Gasteiger charge is 2.44. The van der Waals surface area contributed by atoms with E-state index in [0.717, 1.165) is 18.3 Å². The number of benzene rings is 1. The molecule has 6 nitrogen and oxygen atoms in total. The maximum absolute atomic E-state index is 14.6. The Balaban J connectivity index is 1.95. The van der Waals surface area contributed by atoms with Crippen LogP contribution in [0.5, 0.6) is 5.75 Å². The summed E-state index contributed by atoms with van der Waals surface area (Å²) in [6, 6.07) is 3.48. The molecule has 0 N–H and O–H groups in total. The van der Waals surface area contributed by atoms with Crippen molar-refractivity contribution in [2.45, 2.75) is 32.5 Å². The first-order chi connectivity index (χ1) is 14.1. The monoisotopic (exact) mass is 462 g/mol. The van der Waals surface area contributed by atoms with Crippen LogP contribution in [0.25, 0.3) is 11.3 Å². The van der Waals surface area contributed by atoms with Gasteiger partial charge in [-0.1, -0.05) is 28.4 Å². The number of alkyl halides is 2. The first-order valence-corrected chi connectivity index (χ1v) is 9.42. The Bertz CT molecular complexity index is 1020. The van der Waals surface area contributed by atoms with Crippen LogP contribution in [0.4, 0.5) is 13.2 Å². The van der Waals surface area contributed by atoms with Crippen LogP contribution in [-0.4, -0.2) is 35.5 Å². The molecular weight excluding hydrogens is 448 g/mol. The van der Waals surface area contributed by atoms with E-state index in [1.54, 1.807) is 6.92 Å². The van der Waals surface area contributed by atoms with E-state index in [1.165, 1.54) is 13.0 Å². The second-order valence-electron chi connectivity index (χ2n) is 6.45. The van der Waals surface area contributed by atoms with Crippen LogP contribution in [0.1, 0.15) is 25.8 Å². The van der Waals surface area contributed by atoms with Gasteiger partial charge in [-0.25, -0.2) is 9.18 Å². The summed E-state index contributed by atoms with van der Waals surface area (Å²) < 4.78 is 48.5. The van der Waals surface area contributed by atoms with Crippen molar-refractivity contribution in [2.24, 2.45) is 5.16 Å². The SMILES string of the molecule is CCOC(=O)C1(C)CC(c2cc(-c3ncc(OC(F)F)cc3Cl)c(F)cc2Cl)=NO1. The van der Waals surface area contributed by atoms with Crippen LogP contribution in [0.3, 0.4) is 0 Å². The third-order valence-corrected chi connectivity index (χ3v) is 4.83. The topological polar surface area (TPSA) is 70.0 Å². The Kier molecular flexibility index (Phi) is 6.42. The number of carbonyl (C=O) groups excluding carboxylic acids is 1. The number of hydrogen-bond donors (Lipinski definition) is 0. The molecule has 30 heavy (non-hydrogen) atoms. The highest BCUT2D eigenvalue weighted by atomic mass is 35.5. The Morgan fingerprint density at radius 3 is 2.63 bits per heavy atom. The molecule has 1 aromatic carbocycles. The minimum atomic E-state index is -3.05. The fourth-order valence-electron chi connectivity index (χ4n) is 2.81. The van der Waals surface area contributed by atoms with E-state index in [2.05, 4.69) is 14.9 Å². The van der Waals surface area contributed by atoms with Crippen molar-refractivity contribution in [3.63, 3.8) is 0 Å². The van der Waals surface area contributed by atoms with Crippen LogP contribution in [0.2, 0.25) is 10.0 Å². The van der Waals surface area contributed by atoms with E-state index in [9.17, 15) is 18.0 Å². The zero-order valence-electron chi connectivity index (χ0n) is 15.7. The van der Waals surface area contributed by atoms with Gasteiger partial charge in [-0.05, 0) is 26.0 Å². The van der Waals surface area contributed by atoms with Gasteiger partial charge >= 0.3 is 12.6 Å². The molecule has 0 saturated heterocycles. The van der Waals surface area contributed by atoms with Gasteiger partial charge in [0.25, 0.3) is 0 Å². The Morgan fingerprint density at radius 2 is 2.00 bits per heavy atom. The summed E-state index contributed by atoms with van der Waals surface area (Å²) in [6.45, 7) is 0.293. The lowest BCUT2D eigenvalue weighted by Crippen LogP contribution is -2.37. The molecule has 0 bridgehead atoms. The third-order valence-electron chi connectivity index (χ3n) is 4.23. The van der Waals surface area contributed by atoms with Crippen molar-refractivity contribution < 1.29 is 32.3 Å². The standard InChI is InChI=1S/C19H15Cl2F3N2O4/c1-3-28-17(27)19(2)7-15(26-30-19)10-5-11(14(22)6-12(10)20)16-13(21)4-9(8-25-16)29-18(23)24/h4-6,8,18H,3,7H2,1-2H3. The van der Waals surface area contributed by atoms with Crippen LogP contribution in [0.15, 0.2) is 29.6 Å². The summed E-state index contributed by atoms with van der Waals surface area (Å²) in [6.07, 6.45) is 1.04. The molecular formula is C19H15Cl2F3N2O4. The summed E-state index contributed by atoms with van der Waals surface area (Å²) in [4.78, 5) is 21.3. The molecule has 1 unspecified atom stereocenters. The highest BCUT2D eigenvalue weighted by molar-refractivity contribution is 6.35. The van der Waals surface area contributed by atoms with Crippen LogP contribution < -0.4 is 4.74 Å². The normalized spacial score (nSPS) is 18.2. The van der Waals surface area contributed by atoms with E-state index in [1.807, 2.05) is 0 Å². The van der Waals surface area contributed by atoms with E-state index in [-0.39, 0.29) is 40.1 Å². The lowest BCUT2D eigenvalue weighted by atomic mass is 9.94. The number of esters is 1. The molecule has 2 aromatic rings. The van der Waals surface area contributed by atoms with Gasteiger partial charge < -0.3 is 14.3 Å². The molecule has 2 heterocycles. The third kappa shape index (κ3) is 4.46. The summed E-state index contributed by atoms with van der Waals surface area (Å²) >= 11 is 12.3. The molecule has 0 saturated carbocycles. The molecule has 160 valence electrons. The highest BCUT2D eigenvalue weighted by Crippen LogP contribution is 2.36. The summed E-state index contributed by atoms with van der Waals surface area (Å²) in [7, 11) is 0. The maximum atomic E-state index is 14.6. The van der Waals surface area contributed by atoms with Gasteiger partial charge in [0.05, 0.1) is 34.3 Å². The summed E-state index contributed by atoms with van der Waals surface area (Å²) in [5.74, 6) is -1.61. The smallest absolute Gasteiger partial charge is 0.387 e. The van der Waals surface area contributed by atoms with Crippen molar-refractivity contribution in [1.82, 2.24) is 4.98 Å². The molecule has 11 heteroatoms. The van der Waals surface area contributed by atoms with Crippen LogP contribution in [0, 0.1) is 5.82 Å². The maximum Gasteiger partial charge on any atom is 0.387 e. The number of ether oxygens (including phenoxy) is 2. The average Bonchev–Trinajstić information content (AvgIpc) is 3.06. The second-order valence-corrected chi connectivity index (χ2v) is 7.26. The molecule has 0 spiro atoms. The quantitative estimate of drug-likeness (QED) is 0.548. The number of nitrogens with zero attached hydrogens (tertiary/aromatic N) is 2. The molecule has 0 amide bonds. The van der Waals surface area contributed by atoms with Gasteiger partial charge in [-0.15, -0.1) is 0 Å². The number of aromatic nitrogens is 1. The zero-order chi connectivity index (χ0) is 22.1. The molecule has 1 aliphatic heterocycles. The number of rotatable bonds is 6. The zero-order valence-corrected chi connectivity index (χ0v) is 17.2. The second kappa shape index (κ2) is 8.69. The van der Waals surface area contributed by atoms with Crippen LogP contribution >= 0.6 is 23.2 Å². The molecule has 0 radical (unpaired) electrons. The first-order valence-electron chi connectivity index (χ1n) is 8.67. The van der Waals surface area contributed by atoms with Gasteiger partial charge in [0, 0.05) is 23.6 Å². The van der Waals surface area contributed by atoms with Crippen molar-refractivity contribution >= 4 is 34.9 Å². The van der Waals surface area contributed by atoms with E-state index in [4.69, 9.17) is 32.8 Å². The van der Waals surface area contributed by atoms with Crippen molar-refractivity contribution in [3.05, 3.63) is 45.8 Å². The van der Waals surface area contributed by atoms with Gasteiger partial charge in [-0.2, -0.15) is 8.78 Å². The predicted octanol–water partition coefficient (Wildman–Crippen LogP) is 5.24. The molecule has 3 rings (SSSR count). The fourth-order valence-corrected chi connectivity index (χ4v) is 3.33. The number of hydrogen-bond acceptors (Lipinski definition) is 6. The van der Waals surface area contributed by atoms with E-state index < -0.39 is 24.0 Å². The fraction of sp³-hybridized carbons (Fsp3) is 0.316. The molecule has 1 atom stereocenters. The number of halogens is 5. The van der Waals surface area contributed by atoms with Crippen molar-refractivity contribution in [3.8, 4) is 17.0 Å². The number of oxime groups is 1. The van der Waals surface area contributed by atoms with Crippen molar-refractivity contribution in [2.75, 3.05) is 6.61 Å². The van der Waals surface area contributed by atoms with Crippen molar-refractivity contribution in [1.29, 1.82) is 0 Å². The Morgan fingerprint density at radius 1 is 1.27 bits per heavy atom. The number of carbonyl (C=O) groups is 1. The predicted molar refractivity (Wildman–Crippen MR) is 104 cm³/mol. The Hall–Kier alpha value is -2.52. The van der Waals surface area contributed by atoms with Gasteiger partial charge in [0.2, 0.25) is 5.60 Å². The van der Waals surface area contributed by atoms with Gasteiger partial charge in [0.1, 0.15) is 11.6 Å². The summed E-state index contributed by atoms with van der Waals surface area (Å²) in [5.41, 5.74) is -0.804. The van der Waals surface area contributed by atoms with Gasteiger partial charge in [-0.3, -0.25) is 4.98 Å². The molecule has 0 fully saturated rings. The summed E-state index contributed by atoms with van der Waals surface area (Å²) in [5, 5.41) is 3.83.